The van der Waals surface area contributed by atoms with E-state index in [2.05, 4.69) is 30.4 Å². The Labute approximate surface area is 312 Å². The van der Waals surface area contributed by atoms with Gasteiger partial charge in [-0.05, 0) is 48.8 Å². The van der Waals surface area contributed by atoms with Crippen molar-refractivity contribution >= 4 is 39.7 Å². The number of sulfonamides is 1. The Morgan fingerprint density at radius 1 is 0.981 bits per heavy atom. The SMILES string of the molecule is C=CC(C=C)C(NC(=O)[C@@H]1C[C@@H]2CN1C(=O)[C@H](C(=C)C(F)(F)F)NC(=O)CCCCCCCc1cccc3c1CN(C3)C(=O)O2)C(=O)NS(=O)(=O)C1CC1. The van der Waals surface area contributed by atoms with Gasteiger partial charge in [0.15, 0.2) is 0 Å². The lowest BCUT2D eigenvalue weighted by Gasteiger charge is -2.31. The van der Waals surface area contributed by atoms with Crippen LogP contribution in [-0.2, 0) is 53.4 Å². The summed E-state index contributed by atoms with van der Waals surface area (Å²) in [5.41, 5.74) is 1.47. The minimum absolute atomic E-state index is 0.161. The predicted molar refractivity (Wildman–Crippen MR) is 191 cm³/mol. The number of hydrogen-bond acceptors (Lipinski definition) is 8. The zero-order valence-corrected chi connectivity index (χ0v) is 30.7. The molecule has 4 aliphatic rings. The lowest BCUT2D eigenvalue weighted by molar-refractivity contribution is -0.144. The molecule has 1 unspecified atom stereocenters. The van der Waals surface area contributed by atoms with Crippen LogP contribution in [0.2, 0.25) is 0 Å². The van der Waals surface area contributed by atoms with Crippen molar-refractivity contribution in [3.8, 4) is 0 Å². The fourth-order valence-corrected chi connectivity index (χ4v) is 8.39. The van der Waals surface area contributed by atoms with Gasteiger partial charge < -0.3 is 20.3 Å². The summed E-state index contributed by atoms with van der Waals surface area (Å²) in [5, 5.41) is 3.80. The van der Waals surface area contributed by atoms with Gasteiger partial charge in [0.05, 0.1) is 17.4 Å². The van der Waals surface area contributed by atoms with Gasteiger partial charge >= 0.3 is 12.3 Å². The highest BCUT2D eigenvalue weighted by Crippen LogP contribution is 2.33. The maximum Gasteiger partial charge on any atom is 0.414 e. The number of amides is 5. The monoisotopic (exact) mass is 777 g/mol. The molecule has 3 N–H and O–H groups in total. The molecule has 5 rings (SSSR count). The average Bonchev–Trinajstić information content (AvgIpc) is 3.76. The molecule has 1 aromatic rings. The Hall–Kier alpha value is -4.67. The number of nitrogens with zero attached hydrogens (tertiary/aromatic N) is 2. The van der Waals surface area contributed by atoms with Gasteiger partial charge in [0.2, 0.25) is 21.8 Å². The van der Waals surface area contributed by atoms with Crippen LogP contribution in [0.25, 0.3) is 0 Å². The van der Waals surface area contributed by atoms with E-state index in [0.717, 1.165) is 47.3 Å². The molecule has 4 atom stereocenters. The number of halogens is 3. The number of hydrogen-bond donors (Lipinski definition) is 3. The maximum absolute atomic E-state index is 14.1. The van der Waals surface area contributed by atoms with Gasteiger partial charge in [0.1, 0.15) is 24.2 Å². The molecule has 0 radical (unpaired) electrons. The third-order valence-corrected chi connectivity index (χ3v) is 12.1. The van der Waals surface area contributed by atoms with Gasteiger partial charge in [-0.25, -0.2) is 13.2 Å². The number of ether oxygens (including phenoxy) is 1. The lowest BCUT2D eigenvalue weighted by Crippen LogP contribution is -2.58. The Morgan fingerprint density at radius 2 is 1.63 bits per heavy atom. The molecule has 1 aromatic carbocycles. The van der Waals surface area contributed by atoms with Crippen LogP contribution < -0.4 is 15.4 Å². The van der Waals surface area contributed by atoms with Crippen molar-refractivity contribution in [3.05, 3.63) is 72.4 Å². The third-order valence-electron chi connectivity index (χ3n) is 10.3. The van der Waals surface area contributed by atoms with Crippen LogP contribution in [0.3, 0.4) is 0 Å². The van der Waals surface area contributed by atoms with E-state index in [1.54, 1.807) is 0 Å². The quantitative estimate of drug-likeness (QED) is 0.319. The van der Waals surface area contributed by atoms with Gasteiger partial charge in [-0.15, -0.1) is 13.2 Å². The van der Waals surface area contributed by atoms with E-state index in [1.165, 1.54) is 17.1 Å². The van der Waals surface area contributed by atoms with E-state index in [0.29, 0.717) is 25.7 Å². The number of carbonyl (C=O) groups excluding carboxylic acids is 5. The first-order valence-corrected chi connectivity index (χ1v) is 19.6. The van der Waals surface area contributed by atoms with Crippen LogP contribution in [0.4, 0.5) is 18.0 Å². The van der Waals surface area contributed by atoms with Crippen LogP contribution in [0.15, 0.2) is 55.7 Å². The molecule has 54 heavy (non-hydrogen) atoms. The maximum atomic E-state index is 14.1. The lowest BCUT2D eigenvalue weighted by atomic mass is 9.98. The second-order valence-corrected chi connectivity index (χ2v) is 16.2. The minimum atomic E-state index is -5.12. The number of benzene rings is 1. The minimum Gasteiger partial charge on any atom is -0.444 e. The normalized spacial score (nSPS) is 23.6. The van der Waals surface area contributed by atoms with Gasteiger partial charge in [-0.2, -0.15) is 13.2 Å². The Bertz CT molecular complexity index is 1790. The molecule has 0 aromatic heterocycles. The molecule has 13 nitrogen and oxygen atoms in total. The highest BCUT2D eigenvalue weighted by atomic mass is 32.2. The Kier molecular flexibility index (Phi) is 12.6. The van der Waals surface area contributed by atoms with Crippen molar-refractivity contribution in [3.63, 3.8) is 0 Å². The summed E-state index contributed by atoms with van der Waals surface area (Å²) in [6, 6.07) is 0.285. The summed E-state index contributed by atoms with van der Waals surface area (Å²) in [5.74, 6) is -5.35. The molecule has 2 fully saturated rings. The molecule has 294 valence electrons. The van der Waals surface area contributed by atoms with E-state index in [9.17, 15) is 45.6 Å². The highest BCUT2D eigenvalue weighted by molar-refractivity contribution is 7.90. The van der Waals surface area contributed by atoms with Crippen molar-refractivity contribution in [1.82, 2.24) is 25.2 Å². The number of fused-ring (bicyclic) bond motifs is 3. The predicted octanol–water partition coefficient (Wildman–Crippen LogP) is 3.69. The second kappa shape index (κ2) is 16.8. The molecule has 1 aliphatic carbocycles. The van der Waals surface area contributed by atoms with E-state index in [-0.39, 0.29) is 19.5 Å². The first-order chi connectivity index (χ1) is 25.5. The summed E-state index contributed by atoms with van der Waals surface area (Å²) in [7, 11) is -4.07. The molecular formula is C37H46F3N5O8S. The number of aryl methyl sites for hydroxylation is 1. The van der Waals surface area contributed by atoms with Crippen molar-refractivity contribution in [2.24, 2.45) is 5.92 Å². The topological polar surface area (TPSA) is 171 Å². The smallest absolute Gasteiger partial charge is 0.414 e. The fraction of sp³-hybridized carbons (Fsp3) is 0.541. The van der Waals surface area contributed by atoms with Crippen LogP contribution in [-0.4, -0.2) is 90.1 Å². The molecule has 1 saturated carbocycles. The third kappa shape index (κ3) is 9.51. The zero-order valence-electron chi connectivity index (χ0n) is 29.9. The zero-order chi connectivity index (χ0) is 39.4. The van der Waals surface area contributed by atoms with Crippen LogP contribution in [0, 0.1) is 5.92 Å². The summed E-state index contributed by atoms with van der Waals surface area (Å²) in [4.78, 5) is 70.2. The highest BCUT2D eigenvalue weighted by Gasteiger charge is 2.49. The van der Waals surface area contributed by atoms with Crippen molar-refractivity contribution in [2.45, 2.75) is 113 Å². The van der Waals surface area contributed by atoms with Crippen molar-refractivity contribution < 1.29 is 50.3 Å². The number of carbonyl (C=O) groups is 5. The molecule has 4 bridgehead atoms. The van der Waals surface area contributed by atoms with Crippen LogP contribution in [0.5, 0.6) is 0 Å². The van der Waals surface area contributed by atoms with Crippen molar-refractivity contribution in [2.75, 3.05) is 6.54 Å². The standard InChI is InChI=1S/C37H46F3N5O8S/c1-4-23(5-2)32(34(48)43-54(51,52)27-16-17-27)42-33(47)29-18-26-20-45(29)35(49)31(22(3)37(38,39)40)41-30(46)15-10-8-6-7-9-12-24-13-11-14-25-19-44(21-28(24)25)36(50)53-26/h4-5,11,13-14,23,26-27,29,31-32H,1-3,6-10,12,15-21H2,(H,41,46)(H,42,47)(H,43,48)/t26-,29+,31+,32?/m1/s1. The molecule has 1 saturated heterocycles. The first kappa shape index (κ1) is 40.5. The van der Waals surface area contributed by atoms with Gasteiger partial charge in [0, 0.05) is 31.8 Å². The molecular weight excluding hydrogens is 731 g/mol. The Balaban J connectivity index is 1.46. The summed E-state index contributed by atoms with van der Waals surface area (Å²) in [6.07, 6.45) is -0.230. The number of nitrogens with one attached hydrogen (secondary N) is 3. The van der Waals surface area contributed by atoms with E-state index in [1.807, 2.05) is 22.9 Å². The van der Waals surface area contributed by atoms with Crippen LogP contribution in [0.1, 0.15) is 74.5 Å². The first-order valence-electron chi connectivity index (χ1n) is 18.1. The molecule has 3 aliphatic heterocycles. The van der Waals surface area contributed by atoms with Crippen molar-refractivity contribution in [1.29, 1.82) is 0 Å². The molecule has 17 heteroatoms. The second-order valence-electron chi connectivity index (χ2n) is 14.2. The number of alkyl halides is 3. The van der Waals surface area contributed by atoms with E-state index >= 15 is 0 Å². The van der Waals surface area contributed by atoms with Gasteiger partial charge in [-0.1, -0.05) is 56.2 Å². The fourth-order valence-electron chi connectivity index (χ4n) is 7.06. The number of rotatable bonds is 9. The summed E-state index contributed by atoms with van der Waals surface area (Å²) < 4.78 is 75.3. The summed E-state index contributed by atoms with van der Waals surface area (Å²) in [6.45, 7) is 10.3. The van der Waals surface area contributed by atoms with Gasteiger partial charge in [0.25, 0.3) is 11.8 Å². The average molecular weight is 778 g/mol. The van der Waals surface area contributed by atoms with E-state index < -0.39 is 99.9 Å². The molecule has 0 spiro atoms. The Morgan fingerprint density at radius 3 is 2.28 bits per heavy atom. The largest absolute Gasteiger partial charge is 0.444 e. The van der Waals surface area contributed by atoms with Crippen LogP contribution >= 0.6 is 0 Å². The molecule has 5 amide bonds. The molecule has 3 heterocycles. The van der Waals surface area contributed by atoms with E-state index in [4.69, 9.17) is 4.74 Å². The summed E-state index contributed by atoms with van der Waals surface area (Å²) >= 11 is 0. The van der Waals surface area contributed by atoms with Gasteiger partial charge in [-0.3, -0.25) is 28.8 Å².